The van der Waals surface area contributed by atoms with E-state index >= 15 is 0 Å². The molecule has 0 spiro atoms. The standard InChI is InChI=1S/C24H31FN4O4/c1-5-14(6-2)9-20(31)27-22-17-10-16(15-11-18(25)21(32)19(30)12-15)13-26-23(17)29(28-22)8-7-24(3,4)33/h10-14,30,32-33H,5-9H2,1-4H3,(H,27,28,31). The zero-order valence-electron chi connectivity index (χ0n) is 19.4. The molecule has 9 heteroatoms. The molecule has 8 nitrogen and oxygen atoms in total. The number of aromatic nitrogens is 3. The molecule has 0 fully saturated rings. The summed E-state index contributed by atoms with van der Waals surface area (Å²) in [5.74, 6) is -1.91. The summed E-state index contributed by atoms with van der Waals surface area (Å²) in [6.45, 7) is 7.88. The summed E-state index contributed by atoms with van der Waals surface area (Å²) < 4.78 is 15.6. The second-order valence-electron chi connectivity index (χ2n) is 8.99. The molecule has 0 aliphatic rings. The van der Waals surface area contributed by atoms with Crippen LogP contribution in [0.25, 0.3) is 22.2 Å². The van der Waals surface area contributed by atoms with Crippen LogP contribution in [0, 0.1) is 11.7 Å². The zero-order valence-corrected chi connectivity index (χ0v) is 19.4. The lowest BCUT2D eigenvalue weighted by Crippen LogP contribution is -2.21. The lowest BCUT2D eigenvalue weighted by Gasteiger charge is -2.16. The average Bonchev–Trinajstić information content (AvgIpc) is 3.10. The average molecular weight is 459 g/mol. The SMILES string of the molecule is CCC(CC)CC(=O)Nc1nn(CCC(C)(C)O)c2ncc(-c3cc(O)c(O)c(F)c3)cc12. The third-order valence-corrected chi connectivity index (χ3v) is 5.79. The minimum atomic E-state index is -0.954. The highest BCUT2D eigenvalue weighted by Gasteiger charge is 2.20. The molecule has 0 radical (unpaired) electrons. The highest BCUT2D eigenvalue weighted by atomic mass is 19.1. The number of phenolic OH excluding ortho intramolecular Hbond substituents is 2. The van der Waals surface area contributed by atoms with Gasteiger partial charge in [0.1, 0.15) is 0 Å². The molecule has 0 aliphatic heterocycles. The first-order chi connectivity index (χ1) is 15.5. The molecule has 0 saturated carbocycles. The van der Waals surface area contributed by atoms with Crippen LogP contribution in [-0.2, 0) is 11.3 Å². The van der Waals surface area contributed by atoms with E-state index in [1.165, 1.54) is 12.3 Å². The number of anilines is 1. The van der Waals surface area contributed by atoms with Crippen LogP contribution < -0.4 is 5.32 Å². The van der Waals surface area contributed by atoms with Gasteiger partial charge in [-0.25, -0.2) is 14.1 Å². The molecule has 4 N–H and O–H groups in total. The van der Waals surface area contributed by atoms with E-state index < -0.39 is 22.9 Å². The number of phenols is 2. The van der Waals surface area contributed by atoms with E-state index in [1.54, 1.807) is 24.6 Å². The van der Waals surface area contributed by atoms with E-state index in [0.717, 1.165) is 18.9 Å². The van der Waals surface area contributed by atoms with Gasteiger partial charge in [0.15, 0.2) is 28.8 Å². The fourth-order valence-electron chi connectivity index (χ4n) is 3.62. The van der Waals surface area contributed by atoms with E-state index in [4.69, 9.17) is 0 Å². The minimum absolute atomic E-state index is 0.156. The number of hydrogen-bond donors (Lipinski definition) is 4. The number of carbonyl (C=O) groups excluding carboxylic acids is 1. The number of nitrogens with zero attached hydrogens (tertiary/aromatic N) is 3. The number of fused-ring (bicyclic) bond motifs is 1. The van der Waals surface area contributed by atoms with Gasteiger partial charge in [0.2, 0.25) is 5.91 Å². The summed E-state index contributed by atoms with van der Waals surface area (Å²) >= 11 is 0. The Morgan fingerprint density at radius 2 is 1.88 bits per heavy atom. The lowest BCUT2D eigenvalue weighted by molar-refractivity contribution is -0.117. The topological polar surface area (TPSA) is 121 Å². The highest BCUT2D eigenvalue weighted by Crippen LogP contribution is 2.35. The Hall–Kier alpha value is -3.20. The number of pyridine rings is 1. The summed E-state index contributed by atoms with van der Waals surface area (Å²) in [7, 11) is 0. The van der Waals surface area contributed by atoms with Crippen molar-refractivity contribution in [1.29, 1.82) is 0 Å². The van der Waals surface area contributed by atoms with E-state index in [1.807, 2.05) is 13.8 Å². The smallest absolute Gasteiger partial charge is 0.225 e. The molecule has 0 aliphatic carbocycles. The van der Waals surface area contributed by atoms with Gasteiger partial charge in [0, 0.05) is 24.7 Å². The zero-order chi connectivity index (χ0) is 24.3. The number of benzene rings is 1. The van der Waals surface area contributed by atoms with Gasteiger partial charge in [-0.05, 0) is 49.9 Å². The number of carbonyl (C=O) groups is 1. The van der Waals surface area contributed by atoms with Crippen LogP contribution in [0.1, 0.15) is 53.4 Å². The van der Waals surface area contributed by atoms with Crippen molar-refractivity contribution in [1.82, 2.24) is 14.8 Å². The van der Waals surface area contributed by atoms with Crippen molar-refractivity contribution >= 4 is 22.8 Å². The molecule has 0 atom stereocenters. The third kappa shape index (κ3) is 5.78. The first-order valence-corrected chi connectivity index (χ1v) is 11.1. The number of rotatable bonds is 9. The van der Waals surface area contributed by atoms with E-state index in [2.05, 4.69) is 15.4 Å². The molecule has 3 aromatic rings. The molecule has 33 heavy (non-hydrogen) atoms. The maximum atomic E-state index is 14.0. The van der Waals surface area contributed by atoms with Crippen LogP contribution in [0.15, 0.2) is 24.4 Å². The second-order valence-corrected chi connectivity index (χ2v) is 8.99. The van der Waals surface area contributed by atoms with Crippen molar-refractivity contribution in [3.63, 3.8) is 0 Å². The molecule has 2 heterocycles. The summed E-state index contributed by atoms with van der Waals surface area (Å²) in [4.78, 5) is 17.1. The second kappa shape index (κ2) is 9.74. The van der Waals surface area contributed by atoms with Crippen molar-refractivity contribution in [3.8, 4) is 22.6 Å². The number of amides is 1. The van der Waals surface area contributed by atoms with Crippen molar-refractivity contribution in [2.45, 2.75) is 65.5 Å². The van der Waals surface area contributed by atoms with Gasteiger partial charge in [-0.3, -0.25) is 4.79 Å². The van der Waals surface area contributed by atoms with Crippen LogP contribution >= 0.6 is 0 Å². The molecule has 0 bridgehead atoms. The fourth-order valence-corrected chi connectivity index (χ4v) is 3.62. The molecular formula is C24H31FN4O4. The Balaban J connectivity index is 2.03. The van der Waals surface area contributed by atoms with Gasteiger partial charge >= 0.3 is 0 Å². The van der Waals surface area contributed by atoms with Gasteiger partial charge < -0.3 is 20.6 Å². The predicted molar refractivity (Wildman–Crippen MR) is 124 cm³/mol. The minimum Gasteiger partial charge on any atom is -0.504 e. The van der Waals surface area contributed by atoms with Crippen molar-refractivity contribution in [3.05, 3.63) is 30.2 Å². The molecule has 0 saturated heterocycles. The molecule has 1 aromatic carbocycles. The van der Waals surface area contributed by atoms with Crippen molar-refractivity contribution < 1.29 is 24.5 Å². The van der Waals surface area contributed by atoms with E-state index in [0.29, 0.717) is 47.4 Å². The van der Waals surface area contributed by atoms with E-state index in [-0.39, 0.29) is 11.8 Å². The Bertz CT molecular complexity index is 1130. The summed E-state index contributed by atoms with van der Waals surface area (Å²) in [6, 6.07) is 4.04. The maximum absolute atomic E-state index is 14.0. The summed E-state index contributed by atoms with van der Waals surface area (Å²) in [5.41, 5.74) is 0.396. The molecule has 1 amide bonds. The van der Waals surface area contributed by atoms with Gasteiger partial charge in [0.25, 0.3) is 0 Å². The summed E-state index contributed by atoms with van der Waals surface area (Å²) in [6.07, 6.45) is 4.09. The van der Waals surface area contributed by atoms with Gasteiger partial charge in [-0.15, -0.1) is 0 Å². The van der Waals surface area contributed by atoms with Gasteiger partial charge in [-0.1, -0.05) is 26.7 Å². The van der Waals surface area contributed by atoms with Crippen molar-refractivity contribution in [2.75, 3.05) is 5.32 Å². The Morgan fingerprint density at radius 1 is 1.18 bits per heavy atom. The van der Waals surface area contributed by atoms with Gasteiger partial charge in [-0.2, -0.15) is 5.10 Å². The third-order valence-electron chi connectivity index (χ3n) is 5.79. The lowest BCUT2D eigenvalue weighted by atomic mass is 9.99. The fraction of sp³-hybridized carbons (Fsp3) is 0.458. The monoisotopic (exact) mass is 458 g/mol. The van der Waals surface area contributed by atoms with Crippen molar-refractivity contribution in [2.24, 2.45) is 5.92 Å². The van der Waals surface area contributed by atoms with Crippen LogP contribution in [-0.4, -0.2) is 41.6 Å². The largest absolute Gasteiger partial charge is 0.504 e. The van der Waals surface area contributed by atoms with Crippen LogP contribution in [0.3, 0.4) is 0 Å². The number of halogens is 1. The Kier molecular flexibility index (Phi) is 7.22. The quantitative estimate of drug-likeness (QED) is 0.349. The number of aliphatic hydroxyl groups is 1. The molecule has 3 rings (SSSR count). The number of hydrogen-bond acceptors (Lipinski definition) is 6. The first kappa shape index (κ1) is 24.4. The van der Waals surface area contributed by atoms with Crippen LogP contribution in [0.2, 0.25) is 0 Å². The van der Waals surface area contributed by atoms with Crippen LogP contribution in [0.5, 0.6) is 11.5 Å². The van der Waals surface area contributed by atoms with Crippen LogP contribution in [0.4, 0.5) is 10.2 Å². The summed E-state index contributed by atoms with van der Waals surface area (Å²) in [5, 5.41) is 37.4. The number of aromatic hydroxyl groups is 2. The molecule has 2 aromatic heterocycles. The first-order valence-electron chi connectivity index (χ1n) is 11.1. The molecular weight excluding hydrogens is 427 g/mol. The number of nitrogens with one attached hydrogen (secondary N) is 1. The van der Waals surface area contributed by atoms with E-state index in [9.17, 15) is 24.5 Å². The number of aryl methyl sites for hydroxylation is 1. The van der Waals surface area contributed by atoms with Gasteiger partial charge in [0.05, 0.1) is 11.0 Å². The Morgan fingerprint density at radius 3 is 2.48 bits per heavy atom. The maximum Gasteiger partial charge on any atom is 0.225 e. The Labute approximate surface area is 192 Å². The molecule has 0 unspecified atom stereocenters. The normalized spacial score (nSPS) is 12.0. The predicted octanol–water partition coefficient (Wildman–Crippen LogP) is 4.57. The molecule has 178 valence electrons. The highest BCUT2D eigenvalue weighted by molar-refractivity contribution is 6.00.